The molecule has 1 unspecified atom stereocenters. The quantitative estimate of drug-likeness (QED) is 0.726. The molecule has 1 aliphatic rings. The van der Waals surface area contributed by atoms with Crippen LogP contribution < -0.4 is 5.32 Å². The lowest BCUT2D eigenvalue weighted by atomic mass is 10.2. The molecule has 8 nitrogen and oxygen atoms in total. The molecule has 2 aromatic rings. The Morgan fingerprint density at radius 3 is 2.96 bits per heavy atom. The normalized spacial score (nSPS) is 17.3. The van der Waals surface area contributed by atoms with Crippen LogP contribution in [0.5, 0.6) is 0 Å². The lowest BCUT2D eigenvalue weighted by molar-refractivity contribution is 0.0929. The highest BCUT2D eigenvalue weighted by atomic mass is 32.2. The van der Waals surface area contributed by atoms with Crippen LogP contribution >= 0.6 is 0 Å². The van der Waals surface area contributed by atoms with Gasteiger partial charge in [-0.25, -0.2) is 12.7 Å². The standard InChI is InChI=1S/C18H24N4O4S/c1-21(9-4-11-22-10-3-8-19-22)27(24,25)17-6-2-5-15(13-17)18(23)20-16-7-12-26-14-16/h2-3,5-6,8,10,13,16H,4,7,9,11-12,14H2,1H3,(H,20,23). The molecule has 1 N–H and O–H groups in total. The van der Waals surface area contributed by atoms with Gasteiger partial charge >= 0.3 is 0 Å². The monoisotopic (exact) mass is 392 g/mol. The number of nitrogens with one attached hydrogen (secondary N) is 1. The number of carbonyl (C=O) groups excluding carboxylic acids is 1. The molecule has 1 saturated heterocycles. The van der Waals surface area contributed by atoms with Gasteiger partial charge in [0, 0.05) is 44.7 Å². The third kappa shape index (κ3) is 4.94. The van der Waals surface area contributed by atoms with E-state index in [9.17, 15) is 13.2 Å². The summed E-state index contributed by atoms with van der Waals surface area (Å²) in [6.45, 7) is 2.11. The van der Waals surface area contributed by atoms with Crippen molar-refractivity contribution in [2.45, 2.75) is 30.3 Å². The van der Waals surface area contributed by atoms with Crippen LogP contribution in [0.15, 0.2) is 47.6 Å². The summed E-state index contributed by atoms with van der Waals surface area (Å²) in [7, 11) is -2.12. The second kappa shape index (κ2) is 8.64. The molecule has 2 heterocycles. The van der Waals surface area contributed by atoms with Crippen LogP contribution in [0.2, 0.25) is 0 Å². The van der Waals surface area contributed by atoms with Crippen molar-refractivity contribution in [3.8, 4) is 0 Å². The molecule has 1 aromatic carbocycles. The van der Waals surface area contributed by atoms with Crippen molar-refractivity contribution >= 4 is 15.9 Å². The minimum absolute atomic E-state index is 0.0252. The Balaban J connectivity index is 1.63. The highest BCUT2D eigenvalue weighted by Crippen LogP contribution is 2.17. The van der Waals surface area contributed by atoms with E-state index in [1.54, 1.807) is 30.1 Å². The molecule has 0 aliphatic carbocycles. The van der Waals surface area contributed by atoms with E-state index in [2.05, 4.69) is 10.4 Å². The minimum Gasteiger partial charge on any atom is -0.379 e. The number of nitrogens with zero attached hydrogens (tertiary/aromatic N) is 3. The third-order valence-electron chi connectivity index (χ3n) is 4.49. The van der Waals surface area contributed by atoms with Gasteiger partial charge in [0.15, 0.2) is 0 Å². The number of aromatic nitrogens is 2. The molecule has 0 saturated carbocycles. The number of rotatable bonds is 8. The number of hydrogen-bond donors (Lipinski definition) is 1. The Morgan fingerprint density at radius 1 is 1.41 bits per heavy atom. The highest BCUT2D eigenvalue weighted by molar-refractivity contribution is 7.89. The second-order valence-corrected chi connectivity index (χ2v) is 8.56. The fraction of sp³-hybridized carbons (Fsp3) is 0.444. The second-order valence-electron chi connectivity index (χ2n) is 6.51. The molecule has 1 fully saturated rings. The van der Waals surface area contributed by atoms with Gasteiger partial charge in [-0.05, 0) is 37.1 Å². The van der Waals surface area contributed by atoms with Gasteiger partial charge in [-0.15, -0.1) is 0 Å². The third-order valence-corrected chi connectivity index (χ3v) is 6.34. The number of benzene rings is 1. The van der Waals surface area contributed by atoms with Crippen molar-refractivity contribution in [3.63, 3.8) is 0 Å². The smallest absolute Gasteiger partial charge is 0.251 e. The van der Waals surface area contributed by atoms with Crippen LogP contribution in [0.1, 0.15) is 23.2 Å². The molecular formula is C18H24N4O4S. The van der Waals surface area contributed by atoms with Crippen LogP contribution in [-0.4, -0.2) is 61.3 Å². The Labute approximate surface area is 159 Å². The maximum atomic E-state index is 12.8. The number of amides is 1. The minimum atomic E-state index is -3.66. The summed E-state index contributed by atoms with van der Waals surface area (Å²) in [6, 6.07) is 7.93. The average Bonchev–Trinajstić information content (AvgIpc) is 3.35. The first kappa shape index (κ1) is 19.5. The summed E-state index contributed by atoms with van der Waals surface area (Å²) in [4.78, 5) is 12.5. The van der Waals surface area contributed by atoms with E-state index in [4.69, 9.17) is 4.74 Å². The lowest BCUT2D eigenvalue weighted by Crippen LogP contribution is -2.35. The molecule has 9 heteroatoms. The average molecular weight is 392 g/mol. The van der Waals surface area contributed by atoms with Crippen molar-refractivity contribution in [2.75, 3.05) is 26.8 Å². The van der Waals surface area contributed by atoms with Crippen LogP contribution in [-0.2, 0) is 21.3 Å². The largest absolute Gasteiger partial charge is 0.379 e. The van der Waals surface area contributed by atoms with E-state index in [0.717, 1.165) is 6.42 Å². The Kier molecular flexibility index (Phi) is 6.25. The van der Waals surface area contributed by atoms with Gasteiger partial charge in [0.25, 0.3) is 5.91 Å². The number of sulfonamides is 1. The first-order valence-corrected chi connectivity index (χ1v) is 10.3. The summed E-state index contributed by atoms with van der Waals surface area (Å²) in [5.41, 5.74) is 0.327. The first-order valence-electron chi connectivity index (χ1n) is 8.89. The molecule has 1 aliphatic heterocycles. The van der Waals surface area contributed by atoms with Gasteiger partial charge in [-0.2, -0.15) is 5.10 Å². The van der Waals surface area contributed by atoms with E-state index in [-0.39, 0.29) is 16.8 Å². The topological polar surface area (TPSA) is 93.5 Å². The molecular weight excluding hydrogens is 368 g/mol. The number of carbonyl (C=O) groups is 1. The van der Waals surface area contributed by atoms with E-state index >= 15 is 0 Å². The Bertz CT molecular complexity index is 861. The van der Waals surface area contributed by atoms with E-state index < -0.39 is 10.0 Å². The predicted molar refractivity (Wildman–Crippen MR) is 99.8 cm³/mol. The molecule has 1 amide bonds. The zero-order valence-electron chi connectivity index (χ0n) is 15.2. The van der Waals surface area contributed by atoms with Gasteiger partial charge in [-0.1, -0.05) is 6.07 Å². The molecule has 0 spiro atoms. The SMILES string of the molecule is CN(CCCn1cccn1)S(=O)(=O)c1cccc(C(=O)NC2CCOC2)c1. The Morgan fingerprint density at radius 2 is 2.26 bits per heavy atom. The van der Waals surface area contributed by atoms with Crippen molar-refractivity contribution in [1.82, 2.24) is 19.4 Å². The fourth-order valence-corrected chi connectivity index (χ4v) is 4.16. The maximum Gasteiger partial charge on any atom is 0.251 e. The van der Waals surface area contributed by atoms with Gasteiger partial charge in [-0.3, -0.25) is 9.48 Å². The molecule has 0 radical (unpaired) electrons. The molecule has 27 heavy (non-hydrogen) atoms. The molecule has 146 valence electrons. The number of ether oxygens (including phenoxy) is 1. The summed E-state index contributed by atoms with van der Waals surface area (Å²) < 4.78 is 33.9. The summed E-state index contributed by atoms with van der Waals surface area (Å²) in [5, 5.41) is 6.97. The maximum absolute atomic E-state index is 12.8. The molecule has 1 aromatic heterocycles. The van der Waals surface area contributed by atoms with Crippen molar-refractivity contribution in [1.29, 1.82) is 0 Å². The van der Waals surface area contributed by atoms with Crippen molar-refractivity contribution < 1.29 is 17.9 Å². The van der Waals surface area contributed by atoms with Gasteiger partial charge in [0.1, 0.15) is 0 Å². The van der Waals surface area contributed by atoms with E-state index in [1.807, 2.05) is 12.3 Å². The summed E-state index contributed by atoms with van der Waals surface area (Å²) >= 11 is 0. The van der Waals surface area contributed by atoms with Crippen LogP contribution in [0.25, 0.3) is 0 Å². The first-order chi connectivity index (χ1) is 13.0. The predicted octanol–water partition coefficient (Wildman–Crippen LogP) is 1.11. The zero-order valence-corrected chi connectivity index (χ0v) is 16.1. The Hall–Kier alpha value is -2.23. The summed E-state index contributed by atoms with van der Waals surface area (Å²) in [5.74, 6) is -0.288. The van der Waals surface area contributed by atoms with Crippen LogP contribution in [0.4, 0.5) is 0 Å². The van der Waals surface area contributed by atoms with E-state index in [0.29, 0.717) is 38.3 Å². The van der Waals surface area contributed by atoms with Crippen LogP contribution in [0, 0.1) is 0 Å². The number of hydrogen-bond acceptors (Lipinski definition) is 5. The van der Waals surface area contributed by atoms with Crippen LogP contribution in [0.3, 0.4) is 0 Å². The highest BCUT2D eigenvalue weighted by Gasteiger charge is 2.23. The molecule has 0 bridgehead atoms. The fourth-order valence-electron chi connectivity index (χ4n) is 2.90. The van der Waals surface area contributed by atoms with E-state index in [1.165, 1.54) is 16.4 Å². The molecule has 3 rings (SSSR count). The summed E-state index contributed by atoms with van der Waals surface area (Å²) in [6.07, 6.45) is 4.93. The zero-order chi connectivity index (χ0) is 19.3. The van der Waals surface area contributed by atoms with Gasteiger partial charge < -0.3 is 10.1 Å². The van der Waals surface area contributed by atoms with Gasteiger partial charge in [0.05, 0.1) is 17.5 Å². The van der Waals surface area contributed by atoms with Gasteiger partial charge in [0.2, 0.25) is 10.0 Å². The number of aryl methyl sites for hydroxylation is 1. The van der Waals surface area contributed by atoms with Crippen molar-refractivity contribution in [2.24, 2.45) is 0 Å². The lowest BCUT2D eigenvalue weighted by Gasteiger charge is -2.18. The van der Waals surface area contributed by atoms with Crippen molar-refractivity contribution in [3.05, 3.63) is 48.3 Å². The molecule has 1 atom stereocenters.